The van der Waals surface area contributed by atoms with Gasteiger partial charge in [0.1, 0.15) is 5.75 Å². The Labute approximate surface area is 147 Å². The number of Topliss-reactive ketones (excluding diaryl/α,β-unsaturated/α-hetero) is 1. The molecule has 25 heavy (non-hydrogen) atoms. The number of amides is 1. The predicted octanol–water partition coefficient (Wildman–Crippen LogP) is 3.58. The van der Waals surface area contributed by atoms with Gasteiger partial charge in [0.25, 0.3) is 5.91 Å². The number of ketones is 1. The molecule has 0 bridgehead atoms. The molecule has 3 rings (SSSR count). The number of hydrogen-bond donors (Lipinski definition) is 0. The van der Waals surface area contributed by atoms with Crippen LogP contribution in [-0.4, -0.2) is 36.3 Å². The average Bonchev–Trinajstić information content (AvgIpc) is 2.67. The molecule has 0 unspecified atom stereocenters. The molecule has 1 aliphatic rings. The minimum Gasteiger partial charge on any atom is -0.484 e. The quantitative estimate of drug-likeness (QED) is 0.785. The monoisotopic (exact) mass is 335 g/mol. The summed E-state index contributed by atoms with van der Waals surface area (Å²) >= 11 is 0. The fourth-order valence-corrected chi connectivity index (χ4v) is 2.83. The first-order valence-electron chi connectivity index (χ1n) is 8.39. The molecule has 4 nitrogen and oxygen atoms in total. The second kappa shape index (κ2) is 7.79. The van der Waals surface area contributed by atoms with Crippen LogP contribution in [-0.2, 0) is 4.79 Å². The molecule has 0 spiro atoms. The van der Waals surface area contributed by atoms with Crippen molar-refractivity contribution in [2.45, 2.75) is 13.3 Å². The maximum atomic E-state index is 12.3. The van der Waals surface area contributed by atoms with E-state index in [9.17, 15) is 9.59 Å². The van der Waals surface area contributed by atoms with Crippen LogP contribution in [0.4, 0.5) is 0 Å². The summed E-state index contributed by atoms with van der Waals surface area (Å²) in [4.78, 5) is 25.4. The van der Waals surface area contributed by atoms with E-state index in [2.05, 4.69) is 18.2 Å². The number of ether oxygens (including phenoxy) is 1. The molecule has 0 saturated heterocycles. The van der Waals surface area contributed by atoms with Crippen LogP contribution in [0.15, 0.2) is 60.7 Å². The lowest BCUT2D eigenvalue weighted by Gasteiger charge is -2.26. The highest BCUT2D eigenvalue weighted by Crippen LogP contribution is 2.22. The lowest BCUT2D eigenvalue weighted by Crippen LogP contribution is -2.37. The number of carbonyl (C=O) groups excluding carboxylic acids is 2. The molecule has 1 amide bonds. The molecule has 0 aliphatic carbocycles. The first-order valence-corrected chi connectivity index (χ1v) is 8.39. The van der Waals surface area contributed by atoms with E-state index in [-0.39, 0.29) is 18.3 Å². The van der Waals surface area contributed by atoms with Gasteiger partial charge in [-0.3, -0.25) is 9.59 Å². The minimum absolute atomic E-state index is 0.00787. The van der Waals surface area contributed by atoms with Crippen LogP contribution in [0.5, 0.6) is 5.75 Å². The van der Waals surface area contributed by atoms with Gasteiger partial charge in [-0.1, -0.05) is 36.4 Å². The minimum atomic E-state index is -0.0287. The Morgan fingerprint density at radius 3 is 2.36 bits per heavy atom. The van der Waals surface area contributed by atoms with Gasteiger partial charge >= 0.3 is 0 Å². The molecule has 0 aromatic heterocycles. The molecule has 0 atom stereocenters. The summed E-state index contributed by atoms with van der Waals surface area (Å²) in [6.07, 6.45) is 2.96. The summed E-state index contributed by atoms with van der Waals surface area (Å²) < 4.78 is 5.54. The van der Waals surface area contributed by atoms with E-state index in [1.807, 2.05) is 18.2 Å². The summed E-state index contributed by atoms with van der Waals surface area (Å²) in [5.74, 6) is 0.576. The third kappa shape index (κ3) is 4.35. The number of benzene rings is 2. The first kappa shape index (κ1) is 17.0. The van der Waals surface area contributed by atoms with Gasteiger partial charge in [0, 0.05) is 18.7 Å². The molecule has 0 radical (unpaired) electrons. The van der Waals surface area contributed by atoms with Crippen molar-refractivity contribution in [3.63, 3.8) is 0 Å². The molecule has 0 fully saturated rings. The highest BCUT2D eigenvalue weighted by atomic mass is 16.5. The molecule has 128 valence electrons. The SMILES string of the molecule is CC(=O)c1ccc(OCC(=O)N2CC=C(c3ccccc3)CC2)cc1. The van der Waals surface area contributed by atoms with Crippen molar-refractivity contribution in [3.8, 4) is 5.75 Å². The van der Waals surface area contributed by atoms with Crippen molar-refractivity contribution >= 4 is 17.3 Å². The van der Waals surface area contributed by atoms with Gasteiger partial charge in [-0.15, -0.1) is 0 Å². The Balaban J connectivity index is 1.52. The Bertz CT molecular complexity index is 779. The van der Waals surface area contributed by atoms with Crippen molar-refractivity contribution in [1.29, 1.82) is 0 Å². The van der Waals surface area contributed by atoms with E-state index >= 15 is 0 Å². The van der Waals surface area contributed by atoms with E-state index in [1.165, 1.54) is 18.1 Å². The van der Waals surface area contributed by atoms with Gasteiger partial charge < -0.3 is 9.64 Å². The standard InChI is InChI=1S/C21H21NO3/c1-16(23)17-7-9-20(10-8-17)25-15-21(24)22-13-11-19(12-14-22)18-5-3-2-4-6-18/h2-11H,12-15H2,1H3. The van der Waals surface area contributed by atoms with Crippen LogP contribution >= 0.6 is 0 Å². The number of rotatable bonds is 5. The largest absolute Gasteiger partial charge is 0.484 e. The van der Waals surface area contributed by atoms with Gasteiger partial charge in [-0.25, -0.2) is 0 Å². The van der Waals surface area contributed by atoms with Crippen LogP contribution in [0, 0.1) is 0 Å². The molecule has 1 heterocycles. The molecular weight excluding hydrogens is 314 g/mol. The Kier molecular flexibility index (Phi) is 5.29. The molecular formula is C21H21NO3. The topological polar surface area (TPSA) is 46.6 Å². The third-order valence-corrected chi connectivity index (χ3v) is 4.33. The summed E-state index contributed by atoms with van der Waals surface area (Å²) in [5.41, 5.74) is 3.13. The van der Waals surface area contributed by atoms with Gasteiger partial charge in [0.05, 0.1) is 0 Å². The van der Waals surface area contributed by atoms with E-state index in [4.69, 9.17) is 4.74 Å². The molecule has 0 N–H and O–H groups in total. The smallest absolute Gasteiger partial charge is 0.260 e. The molecule has 2 aromatic carbocycles. The van der Waals surface area contributed by atoms with Crippen LogP contribution in [0.3, 0.4) is 0 Å². The molecule has 2 aromatic rings. The summed E-state index contributed by atoms with van der Waals surface area (Å²) in [5, 5.41) is 0. The van der Waals surface area contributed by atoms with Gasteiger partial charge in [-0.05, 0) is 48.7 Å². The van der Waals surface area contributed by atoms with Gasteiger partial charge in [0.2, 0.25) is 0 Å². The highest BCUT2D eigenvalue weighted by Gasteiger charge is 2.18. The van der Waals surface area contributed by atoms with Gasteiger partial charge in [-0.2, -0.15) is 0 Å². The first-order chi connectivity index (χ1) is 12.1. The van der Waals surface area contributed by atoms with E-state index in [0.29, 0.717) is 24.4 Å². The van der Waals surface area contributed by atoms with Crippen LogP contribution in [0.2, 0.25) is 0 Å². The maximum Gasteiger partial charge on any atom is 0.260 e. The van der Waals surface area contributed by atoms with Crippen molar-refractivity contribution in [2.75, 3.05) is 19.7 Å². The van der Waals surface area contributed by atoms with E-state index in [0.717, 1.165) is 6.42 Å². The average molecular weight is 335 g/mol. The normalized spacial score (nSPS) is 14.0. The molecule has 4 heteroatoms. The Hall–Kier alpha value is -2.88. The van der Waals surface area contributed by atoms with Crippen molar-refractivity contribution < 1.29 is 14.3 Å². The van der Waals surface area contributed by atoms with Crippen LogP contribution < -0.4 is 4.74 Å². The predicted molar refractivity (Wildman–Crippen MR) is 97.6 cm³/mol. The van der Waals surface area contributed by atoms with Crippen molar-refractivity contribution in [1.82, 2.24) is 4.90 Å². The van der Waals surface area contributed by atoms with Crippen molar-refractivity contribution in [3.05, 3.63) is 71.8 Å². The fraction of sp³-hybridized carbons (Fsp3) is 0.238. The zero-order valence-electron chi connectivity index (χ0n) is 14.3. The summed E-state index contributed by atoms with van der Waals surface area (Å²) in [7, 11) is 0. The van der Waals surface area contributed by atoms with E-state index in [1.54, 1.807) is 29.2 Å². The van der Waals surface area contributed by atoms with Gasteiger partial charge in [0.15, 0.2) is 12.4 Å². The van der Waals surface area contributed by atoms with E-state index < -0.39 is 0 Å². The summed E-state index contributed by atoms with van der Waals surface area (Å²) in [6.45, 7) is 2.84. The fourth-order valence-electron chi connectivity index (χ4n) is 2.83. The summed E-state index contributed by atoms with van der Waals surface area (Å²) in [6, 6.07) is 17.1. The number of hydrogen-bond acceptors (Lipinski definition) is 3. The zero-order valence-corrected chi connectivity index (χ0v) is 14.3. The third-order valence-electron chi connectivity index (χ3n) is 4.33. The zero-order chi connectivity index (χ0) is 17.6. The second-order valence-corrected chi connectivity index (χ2v) is 6.05. The van der Waals surface area contributed by atoms with Crippen LogP contribution in [0.25, 0.3) is 5.57 Å². The highest BCUT2D eigenvalue weighted by molar-refractivity contribution is 5.94. The Morgan fingerprint density at radius 1 is 1.04 bits per heavy atom. The molecule has 1 aliphatic heterocycles. The second-order valence-electron chi connectivity index (χ2n) is 6.05. The Morgan fingerprint density at radius 2 is 1.76 bits per heavy atom. The maximum absolute atomic E-state index is 12.3. The lowest BCUT2D eigenvalue weighted by atomic mass is 10.00. The molecule has 0 saturated carbocycles. The number of nitrogens with zero attached hydrogens (tertiary/aromatic N) is 1. The van der Waals surface area contributed by atoms with Crippen molar-refractivity contribution in [2.24, 2.45) is 0 Å². The van der Waals surface area contributed by atoms with Crippen LogP contribution in [0.1, 0.15) is 29.3 Å². The lowest BCUT2D eigenvalue weighted by molar-refractivity contribution is -0.132. The number of carbonyl (C=O) groups is 2.